The SMILES string of the molecule is CN=C(NCCN1CCCN(C)CC1)NCC(c1ccc(OC)cc1)N1CCCCC1.I. The van der Waals surface area contributed by atoms with Crippen molar-refractivity contribution in [2.24, 2.45) is 4.99 Å². The summed E-state index contributed by atoms with van der Waals surface area (Å²) in [7, 11) is 5.80. The molecule has 0 saturated carbocycles. The lowest BCUT2D eigenvalue weighted by molar-refractivity contribution is 0.164. The third kappa shape index (κ3) is 8.68. The lowest BCUT2D eigenvalue weighted by Crippen LogP contribution is -2.46. The summed E-state index contributed by atoms with van der Waals surface area (Å²) in [5.74, 6) is 1.80. The molecule has 2 aliphatic heterocycles. The summed E-state index contributed by atoms with van der Waals surface area (Å²) >= 11 is 0. The van der Waals surface area contributed by atoms with Crippen molar-refractivity contribution in [3.63, 3.8) is 0 Å². The summed E-state index contributed by atoms with van der Waals surface area (Å²) in [6, 6.07) is 8.88. The number of rotatable bonds is 8. The molecule has 2 aliphatic rings. The van der Waals surface area contributed by atoms with Gasteiger partial charge in [0.05, 0.1) is 13.2 Å². The predicted molar refractivity (Wildman–Crippen MR) is 144 cm³/mol. The Hall–Kier alpha value is -1.10. The Bertz CT molecular complexity index is 665. The van der Waals surface area contributed by atoms with Crippen molar-refractivity contribution in [3.05, 3.63) is 29.8 Å². The van der Waals surface area contributed by atoms with E-state index >= 15 is 0 Å². The molecule has 1 aromatic carbocycles. The standard InChI is InChI=1S/C24H42N6O.HI/c1-25-24(26-12-17-29-14-7-13-28(2)18-19-29)27-20-23(30-15-5-4-6-16-30)21-8-10-22(31-3)11-9-21;/h8-11,23H,4-7,12-20H2,1-3H3,(H2,25,26,27);1H. The van der Waals surface area contributed by atoms with E-state index in [1.807, 2.05) is 7.05 Å². The van der Waals surface area contributed by atoms with Gasteiger partial charge in [-0.2, -0.15) is 0 Å². The van der Waals surface area contributed by atoms with Gasteiger partial charge >= 0.3 is 0 Å². The molecule has 3 rings (SSSR count). The second kappa shape index (κ2) is 14.9. The number of aliphatic imine (C=N–C) groups is 1. The second-order valence-corrected chi connectivity index (χ2v) is 8.76. The Morgan fingerprint density at radius 2 is 1.72 bits per heavy atom. The van der Waals surface area contributed by atoms with Crippen molar-refractivity contribution in [2.45, 2.75) is 31.7 Å². The summed E-state index contributed by atoms with van der Waals surface area (Å²) < 4.78 is 5.35. The Labute approximate surface area is 212 Å². The van der Waals surface area contributed by atoms with Crippen molar-refractivity contribution >= 4 is 29.9 Å². The highest BCUT2D eigenvalue weighted by Crippen LogP contribution is 2.25. The molecule has 2 fully saturated rings. The van der Waals surface area contributed by atoms with Crippen LogP contribution in [0, 0.1) is 0 Å². The van der Waals surface area contributed by atoms with Crippen LogP contribution in [0.1, 0.15) is 37.3 Å². The van der Waals surface area contributed by atoms with Crippen LogP contribution in [0.5, 0.6) is 5.75 Å². The van der Waals surface area contributed by atoms with Crippen LogP contribution in [-0.2, 0) is 0 Å². The van der Waals surface area contributed by atoms with Gasteiger partial charge in [-0.05, 0) is 70.2 Å². The van der Waals surface area contributed by atoms with E-state index in [1.165, 1.54) is 44.3 Å². The lowest BCUT2D eigenvalue weighted by atomic mass is 10.0. The van der Waals surface area contributed by atoms with Gasteiger partial charge in [0.2, 0.25) is 0 Å². The number of likely N-dealkylation sites (tertiary alicyclic amines) is 1. The first-order chi connectivity index (χ1) is 15.2. The molecule has 2 N–H and O–H groups in total. The molecule has 1 aromatic rings. The fourth-order valence-corrected chi connectivity index (χ4v) is 4.58. The van der Waals surface area contributed by atoms with Crippen LogP contribution in [0.15, 0.2) is 29.3 Å². The van der Waals surface area contributed by atoms with Gasteiger partial charge in [-0.3, -0.25) is 9.89 Å². The number of hydrogen-bond acceptors (Lipinski definition) is 5. The summed E-state index contributed by atoms with van der Waals surface area (Å²) in [6.07, 6.45) is 5.16. The molecule has 32 heavy (non-hydrogen) atoms. The average molecular weight is 559 g/mol. The van der Waals surface area contributed by atoms with Gasteiger partial charge in [-0.15, -0.1) is 24.0 Å². The van der Waals surface area contributed by atoms with Crippen LogP contribution in [0.3, 0.4) is 0 Å². The molecule has 2 saturated heterocycles. The predicted octanol–water partition coefficient (Wildman–Crippen LogP) is 2.64. The molecule has 1 unspecified atom stereocenters. The topological polar surface area (TPSA) is 55.4 Å². The zero-order chi connectivity index (χ0) is 21.9. The first kappa shape index (κ1) is 27.1. The van der Waals surface area contributed by atoms with E-state index in [2.05, 4.69) is 61.6 Å². The fourth-order valence-electron chi connectivity index (χ4n) is 4.58. The minimum Gasteiger partial charge on any atom is -0.497 e. The Kier molecular flexibility index (Phi) is 12.7. The summed E-state index contributed by atoms with van der Waals surface area (Å²) in [5, 5.41) is 7.11. The number of guanidine groups is 1. The summed E-state index contributed by atoms with van der Waals surface area (Å²) in [4.78, 5) is 12.1. The van der Waals surface area contributed by atoms with Crippen LogP contribution in [0.2, 0.25) is 0 Å². The molecule has 0 amide bonds. The maximum atomic E-state index is 5.35. The third-order valence-electron chi connectivity index (χ3n) is 6.55. The van der Waals surface area contributed by atoms with E-state index < -0.39 is 0 Å². The number of nitrogens with one attached hydrogen (secondary N) is 2. The molecule has 2 heterocycles. The van der Waals surface area contributed by atoms with Crippen LogP contribution >= 0.6 is 24.0 Å². The number of benzene rings is 1. The van der Waals surface area contributed by atoms with Crippen molar-refractivity contribution in [1.82, 2.24) is 25.3 Å². The van der Waals surface area contributed by atoms with Crippen molar-refractivity contribution < 1.29 is 4.74 Å². The van der Waals surface area contributed by atoms with Gasteiger partial charge in [0.25, 0.3) is 0 Å². The molecular formula is C24H43IN6O. The molecule has 0 spiro atoms. The highest BCUT2D eigenvalue weighted by Gasteiger charge is 2.22. The zero-order valence-corrected chi connectivity index (χ0v) is 22.5. The number of methoxy groups -OCH3 is 1. The van der Waals surface area contributed by atoms with Crippen LogP contribution in [0.4, 0.5) is 0 Å². The van der Waals surface area contributed by atoms with Crippen LogP contribution in [0.25, 0.3) is 0 Å². The number of piperidine rings is 1. The van der Waals surface area contributed by atoms with E-state index in [0.717, 1.165) is 57.5 Å². The molecule has 0 bridgehead atoms. The number of nitrogens with zero attached hydrogens (tertiary/aromatic N) is 4. The van der Waals surface area contributed by atoms with Gasteiger partial charge in [-0.25, -0.2) is 0 Å². The van der Waals surface area contributed by atoms with Gasteiger partial charge in [0.1, 0.15) is 5.75 Å². The minimum atomic E-state index is 0. The zero-order valence-electron chi connectivity index (χ0n) is 20.2. The molecule has 182 valence electrons. The van der Waals surface area contributed by atoms with Crippen LogP contribution in [-0.4, -0.2) is 101 Å². The molecule has 0 radical (unpaired) electrons. The summed E-state index contributed by atoms with van der Waals surface area (Å²) in [6.45, 7) is 9.85. The van der Waals surface area contributed by atoms with Gasteiger partial charge < -0.3 is 25.2 Å². The molecular weight excluding hydrogens is 515 g/mol. The lowest BCUT2D eigenvalue weighted by Gasteiger charge is -2.35. The number of hydrogen-bond donors (Lipinski definition) is 2. The highest BCUT2D eigenvalue weighted by atomic mass is 127. The minimum absolute atomic E-state index is 0. The van der Waals surface area contributed by atoms with Gasteiger partial charge in [0.15, 0.2) is 5.96 Å². The van der Waals surface area contributed by atoms with Gasteiger partial charge in [-0.1, -0.05) is 18.6 Å². The second-order valence-electron chi connectivity index (χ2n) is 8.76. The van der Waals surface area contributed by atoms with E-state index in [-0.39, 0.29) is 24.0 Å². The Morgan fingerprint density at radius 1 is 0.969 bits per heavy atom. The fraction of sp³-hybridized carbons (Fsp3) is 0.708. The van der Waals surface area contributed by atoms with Crippen molar-refractivity contribution in [1.29, 1.82) is 0 Å². The maximum absolute atomic E-state index is 5.35. The highest BCUT2D eigenvalue weighted by molar-refractivity contribution is 14.0. The maximum Gasteiger partial charge on any atom is 0.191 e. The number of halogens is 1. The molecule has 1 atom stereocenters. The smallest absolute Gasteiger partial charge is 0.191 e. The molecule has 8 heteroatoms. The monoisotopic (exact) mass is 558 g/mol. The van der Waals surface area contributed by atoms with E-state index in [0.29, 0.717) is 6.04 Å². The van der Waals surface area contributed by atoms with Crippen LogP contribution < -0.4 is 15.4 Å². The Balaban J connectivity index is 0.00000363. The third-order valence-corrected chi connectivity index (χ3v) is 6.55. The van der Waals surface area contributed by atoms with E-state index in [9.17, 15) is 0 Å². The normalized spacial score (nSPS) is 20.2. The number of likely N-dealkylation sites (N-methyl/N-ethyl adjacent to an activating group) is 1. The van der Waals surface area contributed by atoms with Gasteiger partial charge in [0, 0.05) is 39.8 Å². The van der Waals surface area contributed by atoms with Crippen molar-refractivity contribution in [3.8, 4) is 5.75 Å². The summed E-state index contributed by atoms with van der Waals surface area (Å²) in [5.41, 5.74) is 1.33. The first-order valence-electron chi connectivity index (χ1n) is 11.9. The first-order valence-corrected chi connectivity index (χ1v) is 11.9. The quantitative estimate of drug-likeness (QED) is 0.291. The largest absolute Gasteiger partial charge is 0.497 e. The number of ether oxygens (including phenoxy) is 1. The van der Waals surface area contributed by atoms with E-state index in [4.69, 9.17) is 4.74 Å². The average Bonchev–Trinajstić information content (AvgIpc) is 3.03. The molecule has 7 nitrogen and oxygen atoms in total. The molecule has 0 aromatic heterocycles. The van der Waals surface area contributed by atoms with Crippen molar-refractivity contribution in [2.75, 3.05) is 80.1 Å². The van der Waals surface area contributed by atoms with E-state index in [1.54, 1.807) is 7.11 Å². The molecule has 0 aliphatic carbocycles. The Morgan fingerprint density at radius 3 is 2.41 bits per heavy atom.